The summed E-state index contributed by atoms with van der Waals surface area (Å²) >= 11 is 0. The Bertz CT molecular complexity index is 1160. The van der Waals surface area contributed by atoms with Gasteiger partial charge >= 0.3 is 12.6 Å². The molecule has 0 atom stereocenters. The average molecular weight is 502 g/mol. The van der Waals surface area contributed by atoms with Crippen molar-refractivity contribution >= 4 is 23.5 Å². The fraction of sp³-hybridized carbons (Fsp3) is 0.462. The van der Waals surface area contributed by atoms with Gasteiger partial charge in [-0.3, -0.25) is 14.4 Å². The number of esters is 1. The van der Waals surface area contributed by atoms with E-state index in [1.165, 1.54) is 11.0 Å². The Labute approximate surface area is 208 Å². The zero-order valence-corrected chi connectivity index (χ0v) is 20.4. The van der Waals surface area contributed by atoms with Gasteiger partial charge in [-0.2, -0.15) is 8.78 Å². The standard InChI is InChI=1S/C26H29F2N3O5/c1-15(2)18-6-4-5-7-19(18)26(13-31(14-26)21(32)12-35-23(33)17-9-10-17)24(34)30-20-11-8-16(3)29-22(20)36-25(27)28/h4-8,11,15,17,25H,9-10,12-14H2,1-3H3,(H,30,34). The van der Waals surface area contributed by atoms with Crippen molar-refractivity contribution < 1.29 is 32.6 Å². The van der Waals surface area contributed by atoms with Gasteiger partial charge in [0.25, 0.3) is 5.91 Å². The van der Waals surface area contributed by atoms with Crippen LogP contribution < -0.4 is 10.1 Å². The molecule has 2 fully saturated rings. The van der Waals surface area contributed by atoms with Gasteiger partial charge in [0.1, 0.15) is 11.1 Å². The number of carbonyl (C=O) groups is 3. The Balaban J connectivity index is 1.59. The van der Waals surface area contributed by atoms with Crippen molar-refractivity contribution in [1.82, 2.24) is 9.88 Å². The lowest BCUT2D eigenvalue weighted by Crippen LogP contribution is -2.67. The van der Waals surface area contributed by atoms with Gasteiger partial charge in [-0.25, -0.2) is 4.98 Å². The first-order valence-corrected chi connectivity index (χ1v) is 11.9. The maximum absolute atomic E-state index is 13.7. The predicted molar refractivity (Wildman–Crippen MR) is 127 cm³/mol. The number of pyridine rings is 1. The van der Waals surface area contributed by atoms with E-state index in [4.69, 9.17) is 4.74 Å². The molecule has 0 unspecified atom stereocenters. The van der Waals surface area contributed by atoms with Crippen molar-refractivity contribution in [2.24, 2.45) is 5.92 Å². The fourth-order valence-electron chi connectivity index (χ4n) is 4.36. The number of benzene rings is 1. The molecule has 1 aromatic heterocycles. The topological polar surface area (TPSA) is 97.8 Å². The fourth-order valence-corrected chi connectivity index (χ4v) is 4.36. The van der Waals surface area contributed by atoms with Crippen LogP contribution in [0.2, 0.25) is 0 Å². The molecule has 2 aliphatic rings. The highest BCUT2D eigenvalue weighted by atomic mass is 19.3. The van der Waals surface area contributed by atoms with Crippen molar-refractivity contribution in [2.75, 3.05) is 25.0 Å². The molecule has 1 aromatic carbocycles. The predicted octanol–water partition coefficient (Wildman–Crippen LogP) is 3.79. The van der Waals surface area contributed by atoms with Gasteiger partial charge in [0, 0.05) is 18.8 Å². The Morgan fingerprint density at radius 1 is 1.14 bits per heavy atom. The summed E-state index contributed by atoms with van der Waals surface area (Å²) < 4.78 is 35.6. The molecular weight excluding hydrogens is 472 g/mol. The van der Waals surface area contributed by atoms with E-state index < -0.39 is 23.8 Å². The normalized spacial score (nSPS) is 16.5. The molecule has 4 rings (SSSR count). The molecular formula is C26H29F2N3O5. The molecule has 2 aromatic rings. The number of nitrogens with one attached hydrogen (secondary N) is 1. The smallest absolute Gasteiger partial charge is 0.388 e. The van der Waals surface area contributed by atoms with Crippen LogP contribution in [-0.4, -0.2) is 54.0 Å². The zero-order chi connectivity index (χ0) is 26.0. The van der Waals surface area contributed by atoms with E-state index in [9.17, 15) is 23.2 Å². The number of alkyl halides is 2. The van der Waals surface area contributed by atoms with Gasteiger partial charge < -0.3 is 19.7 Å². The van der Waals surface area contributed by atoms with Crippen LogP contribution in [0.5, 0.6) is 5.88 Å². The molecule has 0 radical (unpaired) electrons. The van der Waals surface area contributed by atoms with Crippen molar-refractivity contribution in [3.8, 4) is 5.88 Å². The number of halogens is 2. The second-order valence-corrected chi connectivity index (χ2v) is 9.59. The SMILES string of the molecule is Cc1ccc(NC(=O)C2(c3ccccc3C(C)C)CN(C(=O)COC(=O)C3CC3)C2)c(OC(F)F)n1. The first-order valence-electron chi connectivity index (χ1n) is 11.9. The van der Waals surface area contributed by atoms with Crippen LogP contribution in [0.25, 0.3) is 0 Å². The van der Waals surface area contributed by atoms with Crippen LogP contribution in [0.3, 0.4) is 0 Å². The van der Waals surface area contributed by atoms with Gasteiger partial charge in [-0.05, 0) is 48.9 Å². The summed E-state index contributed by atoms with van der Waals surface area (Å²) in [6.07, 6.45) is 1.55. The number of hydrogen-bond donors (Lipinski definition) is 1. The van der Waals surface area contributed by atoms with Crippen LogP contribution in [0.1, 0.15) is 49.4 Å². The molecule has 1 aliphatic carbocycles. The third-order valence-corrected chi connectivity index (χ3v) is 6.50. The first kappa shape index (κ1) is 25.5. The zero-order valence-electron chi connectivity index (χ0n) is 20.4. The van der Waals surface area contributed by atoms with E-state index in [1.807, 2.05) is 38.1 Å². The quantitative estimate of drug-likeness (QED) is 0.525. The molecule has 2 amide bonds. The highest BCUT2D eigenvalue weighted by Crippen LogP contribution is 2.40. The van der Waals surface area contributed by atoms with Crippen LogP contribution in [0.4, 0.5) is 14.5 Å². The molecule has 8 nitrogen and oxygen atoms in total. The van der Waals surface area contributed by atoms with Crippen LogP contribution in [0.15, 0.2) is 36.4 Å². The number of likely N-dealkylation sites (tertiary alicyclic amines) is 1. The highest BCUT2D eigenvalue weighted by Gasteiger charge is 2.53. The van der Waals surface area contributed by atoms with E-state index in [0.717, 1.165) is 24.0 Å². The van der Waals surface area contributed by atoms with Gasteiger partial charge in [0.15, 0.2) is 6.61 Å². The summed E-state index contributed by atoms with van der Waals surface area (Å²) in [7, 11) is 0. The van der Waals surface area contributed by atoms with E-state index in [0.29, 0.717) is 5.69 Å². The largest absolute Gasteiger partial charge is 0.455 e. The number of ether oxygens (including phenoxy) is 2. The minimum absolute atomic E-state index is 0.00967. The number of rotatable bonds is 9. The Kier molecular flexibility index (Phi) is 7.23. The molecule has 10 heteroatoms. The van der Waals surface area contributed by atoms with Crippen molar-refractivity contribution in [3.05, 3.63) is 53.2 Å². The first-order chi connectivity index (χ1) is 17.1. The summed E-state index contributed by atoms with van der Waals surface area (Å²) in [5.74, 6) is -1.66. The molecule has 0 spiro atoms. The molecule has 1 N–H and O–H groups in total. The molecule has 1 saturated carbocycles. The lowest BCUT2D eigenvalue weighted by atomic mass is 9.69. The average Bonchev–Trinajstić information content (AvgIpc) is 3.64. The molecule has 2 heterocycles. The lowest BCUT2D eigenvalue weighted by Gasteiger charge is -2.49. The lowest BCUT2D eigenvalue weighted by molar-refractivity contribution is -0.157. The molecule has 36 heavy (non-hydrogen) atoms. The highest BCUT2D eigenvalue weighted by molar-refractivity contribution is 6.02. The minimum Gasteiger partial charge on any atom is -0.455 e. The van der Waals surface area contributed by atoms with E-state index in [1.54, 1.807) is 13.0 Å². The molecule has 1 aliphatic heterocycles. The Morgan fingerprint density at radius 3 is 2.47 bits per heavy atom. The third kappa shape index (κ3) is 5.32. The Hall–Kier alpha value is -3.56. The number of anilines is 1. The van der Waals surface area contributed by atoms with Crippen molar-refractivity contribution in [1.29, 1.82) is 0 Å². The summed E-state index contributed by atoms with van der Waals surface area (Å²) in [5, 5.41) is 2.70. The minimum atomic E-state index is -3.11. The number of amides is 2. The van der Waals surface area contributed by atoms with Gasteiger partial charge in [0.2, 0.25) is 11.8 Å². The number of aryl methyl sites for hydroxylation is 1. The second kappa shape index (κ2) is 10.2. The van der Waals surface area contributed by atoms with Crippen molar-refractivity contribution in [2.45, 2.75) is 51.6 Å². The summed E-state index contributed by atoms with van der Waals surface area (Å²) in [4.78, 5) is 43.7. The van der Waals surface area contributed by atoms with E-state index in [2.05, 4.69) is 15.0 Å². The molecule has 0 bridgehead atoms. The monoisotopic (exact) mass is 501 g/mol. The number of nitrogens with zero attached hydrogens (tertiary/aromatic N) is 2. The van der Waals surface area contributed by atoms with Crippen LogP contribution in [0, 0.1) is 12.8 Å². The van der Waals surface area contributed by atoms with Crippen LogP contribution >= 0.6 is 0 Å². The second-order valence-electron chi connectivity index (χ2n) is 9.59. The van der Waals surface area contributed by atoms with Gasteiger partial charge in [-0.1, -0.05) is 38.1 Å². The van der Waals surface area contributed by atoms with Crippen LogP contribution in [-0.2, 0) is 24.5 Å². The van der Waals surface area contributed by atoms with E-state index in [-0.39, 0.29) is 49.1 Å². The van der Waals surface area contributed by atoms with Crippen molar-refractivity contribution in [3.63, 3.8) is 0 Å². The number of carbonyl (C=O) groups excluding carboxylic acids is 3. The van der Waals surface area contributed by atoms with E-state index >= 15 is 0 Å². The molecule has 192 valence electrons. The Morgan fingerprint density at radius 2 is 1.83 bits per heavy atom. The summed E-state index contributed by atoms with van der Waals surface area (Å²) in [6.45, 7) is 2.23. The van der Waals surface area contributed by atoms with Gasteiger partial charge in [0.05, 0.1) is 5.92 Å². The third-order valence-electron chi connectivity index (χ3n) is 6.50. The maximum atomic E-state index is 13.7. The van der Waals surface area contributed by atoms with Gasteiger partial charge in [-0.15, -0.1) is 0 Å². The molecule has 1 saturated heterocycles. The summed E-state index contributed by atoms with van der Waals surface area (Å²) in [6, 6.07) is 10.5. The maximum Gasteiger partial charge on any atom is 0.388 e. The number of hydrogen-bond acceptors (Lipinski definition) is 6. The number of aromatic nitrogens is 1. The summed E-state index contributed by atoms with van der Waals surface area (Å²) in [5.41, 5.74) is 1.00.